The van der Waals surface area contributed by atoms with E-state index in [-0.39, 0.29) is 5.91 Å². The van der Waals surface area contributed by atoms with Crippen LogP contribution in [0, 0.1) is 11.8 Å². The Morgan fingerprint density at radius 2 is 1.97 bits per heavy atom. The van der Waals surface area contributed by atoms with Gasteiger partial charge in [-0.25, -0.2) is 4.98 Å². The number of amides is 1. The van der Waals surface area contributed by atoms with Gasteiger partial charge in [-0.2, -0.15) is 0 Å². The van der Waals surface area contributed by atoms with Crippen molar-refractivity contribution in [2.24, 2.45) is 11.8 Å². The number of rotatable bonds is 4. The molecule has 29 heavy (non-hydrogen) atoms. The number of thiazole rings is 1. The zero-order valence-electron chi connectivity index (χ0n) is 16.1. The summed E-state index contributed by atoms with van der Waals surface area (Å²) in [5, 5.41) is 1.08. The van der Waals surface area contributed by atoms with Crippen molar-refractivity contribution in [1.29, 1.82) is 0 Å². The van der Waals surface area contributed by atoms with Crippen LogP contribution in [0.15, 0.2) is 36.5 Å². The van der Waals surface area contributed by atoms with Crippen molar-refractivity contribution in [1.82, 2.24) is 14.9 Å². The molecule has 6 nitrogen and oxygen atoms in total. The van der Waals surface area contributed by atoms with Crippen LogP contribution in [0.3, 0.4) is 0 Å². The number of hydrogen-bond donors (Lipinski definition) is 0. The number of nitrogens with zero attached hydrogens (tertiary/aromatic N) is 4. The number of benzene rings is 1. The zero-order valence-corrected chi connectivity index (χ0v) is 16.9. The third-order valence-electron chi connectivity index (χ3n) is 6.36. The van der Waals surface area contributed by atoms with Crippen molar-refractivity contribution < 1.29 is 9.53 Å². The summed E-state index contributed by atoms with van der Waals surface area (Å²) < 4.78 is 6.80. The van der Waals surface area contributed by atoms with Crippen LogP contribution in [-0.2, 0) is 17.7 Å². The monoisotopic (exact) mass is 406 g/mol. The summed E-state index contributed by atoms with van der Waals surface area (Å²) in [5.74, 6) is 1.29. The molecule has 0 aliphatic carbocycles. The van der Waals surface area contributed by atoms with E-state index in [2.05, 4.69) is 16.0 Å². The molecule has 5 heterocycles. The fraction of sp³-hybridized carbons (Fsp3) is 0.409. The highest BCUT2D eigenvalue weighted by molar-refractivity contribution is 7.18. The Kier molecular flexibility index (Phi) is 4.06. The smallest absolute Gasteiger partial charge is 0.258 e. The van der Waals surface area contributed by atoms with E-state index in [1.807, 2.05) is 35.4 Å². The lowest BCUT2D eigenvalue weighted by Gasteiger charge is -2.22. The van der Waals surface area contributed by atoms with Gasteiger partial charge < -0.3 is 14.5 Å². The number of pyridine rings is 1. The van der Waals surface area contributed by atoms with Crippen molar-refractivity contribution in [2.75, 3.05) is 37.7 Å². The molecule has 1 amide bonds. The Morgan fingerprint density at radius 1 is 1.14 bits per heavy atom. The van der Waals surface area contributed by atoms with E-state index in [0.29, 0.717) is 24.9 Å². The van der Waals surface area contributed by atoms with Crippen LogP contribution in [0.4, 0.5) is 5.69 Å². The molecule has 1 aromatic carbocycles. The van der Waals surface area contributed by atoms with Crippen molar-refractivity contribution in [3.05, 3.63) is 52.8 Å². The average molecular weight is 407 g/mol. The molecule has 2 atom stereocenters. The maximum atomic E-state index is 13.2. The molecule has 3 aliphatic heterocycles. The van der Waals surface area contributed by atoms with Gasteiger partial charge in [0.2, 0.25) is 0 Å². The molecule has 2 aromatic heterocycles. The van der Waals surface area contributed by atoms with Gasteiger partial charge in [0.25, 0.3) is 5.91 Å². The fourth-order valence-corrected chi connectivity index (χ4v) is 5.80. The lowest BCUT2D eigenvalue weighted by molar-refractivity contribution is 0.0780. The number of fused-ring (bicyclic) bond motifs is 3. The molecule has 3 aromatic rings. The van der Waals surface area contributed by atoms with Gasteiger partial charge in [-0.05, 0) is 18.2 Å². The Hall–Kier alpha value is -2.51. The van der Waals surface area contributed by atoms with E-state index in [1.165, 1.54) is 4.70 Å². The van der Waals surface area contributed by atoms with Gasteiger partial charge in [-0.3, -0.25) is 9.78 Å². The molecule has 7 heteroatoms. The molecule has 0 N–H and O–H groups in total. The molecule has 6 rings (SSSR count). The molecule has 2 unspecified atom stereocenters. The lowest BCUT2D eigenvalue weighted by Crippen LogP contribution is -2.28. The number of carbonyl (C=O) groups excluding carboxylic acids is 1. The third-order valence-corrected chi connectivity index (χ3v) is 7.46. The second kappa shape index (κ2) is 6.78. The summed E-state index contributed by atoms with van der Waals surface area (Å²) in [5.41, 5.74) is 3.80. The van der Waals surface area contributed by atoms with Crippen LogP contribution in [0.25, 0.3) is 10.2 Å². The van der Waals surface area contributed by atoms with Crippen molar-refractivity contribution >= 4 is 33.1 Å². The molecule has 2 fully saturated rings. The first-order chi connectivity index (χ1) is 14.3. The van der Waals surface area contributed by atoms with Gasteiger partial charge in [0.15, 0.2) is 0 Å². The summed E-state index contributed by atoms with van der Waals surface area (Å²) in [6.07, 6.45) is 2.63. The number of anilines is 1. The molecule has 0 spiro atoms. The summed E-state index contributed by atoms with van der Waals surface area (Å²) in [6.45, 7) is 4.90. The van der Waals surface area contributed by atoms with E-state index >= 15 is 0 Å². The minimum Gasteiger partial charge on any atom is -0.381 e. The first-order valence-electron chi connectivity index (χ1n) is 10.2. The molecule has 3 aliphatic rings. The Bertz CT molecular complexity index is 1050. The van der Waals surface area contributed by atoms with Crippen molar-refractivity contribution in [3.8, 4) is 0 Å². The summed E-state index contributed by atoms with van der Waals surface area (Å²) in [7, 11) is 0. The molecular formula is C22H22N4O2S. The normalized spacial score (nSPS) is 23.2. The van der Waals surface area contributed by atoms with Crippen molar-refractivity contribution in [3.63, 3.8) is 0 Å². The minimum absolute atomic E-state index is 0.109. The largest absolute Gasteiger partial charge is 0.381 e. The Balaban J connectivity index is 1.20. The fourth-order valence-electron chi connectivity index (χ4n) is 4.84. The molecule has 148 valence electrons. The minimum atomic E-state index is 0.109. The van der Waals surface area contributed by atoms with Gasteiger partial charge >= 0.3 is 0 Å². The maximum Gasteiger partial charge on any atom is 0.258 e. The first-order valence-corrected chi connectivity index (χ1v) is 11.0. The van der Waals surface area contributed by atoms with E-state index in [0.717, 1.165) is 60.2 Å². The first kappa shape index (κ1) is 17.4. The predicted molar refractivity (Wildman–Crippen MR) is 112 cm³/mol. The third kappa shape index (κ3) is 2.91. The van der Waals surface area contributed by atoms with Gasteiger partial charge in [0, 0.05) is 44.1 Å². The Labute approximate surface area is 173 Å². The quantitative estimate of drug-likeness (QED) is 0.667. The van der Waals surface area contributed by atoms with E-state index in [1.54, 1.807) is 11.3 Å². The second-order valence-corrected chi connectivity index (χ2v) is 9.28. The highest BCUT2D eigenvalue weighted by Gasteiger charge is 2.40. The standard InChI is InChI=1S/C22H22N4O2S/c27-22-21-17(23-7-5-18(21)26-9-14-12-28-13-15(14)10-26)11-25(22)8-6-20-24-16-3-1-2-4-19(16)29-20/h1-5,7,14-15H,6,8-13H2. The molecular weight excluding hydrogens is 384 g/mol. The zero-order chi connectivity index (χ0) is 19.4. The van der Waals surface area contributed by atoms with Crippen LogP contribution in [-0.4, -0.2) is 53.6 Å². The summed E-state index contributed by atoms with van der Waals surface area (Å²) in [6, 6.07) is 10.2. The van der Waals surface area contributed by atoms with Crippen LogP contribution >= 0.6 is 11.3 Å². The number of ether oxygens (including phenoxy) is 1. The number of hydrogen-bond acceptors (Lipinski definition) is 6. The lowest BCUT2D eigenvalue weighted by atomic mass is 10.0. The SMILES string of the molecule is O=C1c2c(N3CC4COCC4C3)ccnc2CN1CCc1nc2ccccc2s1. The van der Waals surface area contributed by atoms with Crippen LogP contribution in [0.5, 0.6) is 0 Å². The summed E-state index contributed by atoms with van der Waals surface area (Å²) >= 11 is 1.71. The van der Waals surface area contributed by atoms with Gasteiger partial charge in [-0.1, -0.05) is 12.1 Å². The van der Waals surface area contributed by atoms with Crippen LogP contribution in [0.1, 0.15) is 21.1 Å². The Morgan fingerprint density at radius 3 is 2.79 bits per heavy atom. The van der Waals surface area contributed by atoms with Crippen molar-refractivity contribution in [2.45, 2.75) is 13.0 Å². The van der Waals surface area contributed by atoms with Crippen LogP contribution in [0.2, 0.25) is 0 Å². The average Bonchev–Trinajstić information content (AvgIpc) is 3.48. The molecule has 0 radical (unpaired) electrons. The molecule has 0 bridgehead atoms. The maximum absolute atomic E-state index is 13.2. The number of aromatic nitrogens is 2. The van der Waals surface area contributed by atoms with E-state index in [9.17, 15) is 4.79 Å². The highest BCUT2D eigenvalue weighted by Crippen LogP contribution is 2.37. The van der Waals surface area contributed by atoms with E-state index in [4.69, 9.17) is 9.72 Å². The predicted octanol–water partition coefficient (Wildman–Crippen LogP) is 2.97. The molecule has 2 saturated heterocycles. The molecule has 0 saturated carbocycles. The number of carbonyl (C=O) groups is 1. The van der Waals surface area contributed by atoms with Gasteiger partial charge in [0.05, 0.1) is 51.9 Å². The second-order valence-electron chi connectivity index (χ2n) is 8.17. The van der Waals surface area contributed by atoms with Crippen LogP contribution < -0.4 is 4.90 Å². The summed E-state index contributed by atoms with van der Waals surface area (Å²) in [4.78, 5) is 26.8. The van der Waals surface area contributed by atoms with Gasteiger partial charge in [-0.15, -0.1) is 11.3 Å². The number of para-hydroxylation sites is 1. The topological polar surface area (TPSA) is 58.6 Å². The van der Waals surface area contributed by atoms with Gasteiger partial charge in [0.1, 0.15) is 0 Å². The highest BCUT2D eigenvalue weighted by atomic mass is 32.1. The van der Waals surface area contributed by atoms with E-state index < -0.39 is 0 Å².